The molecule has 1 saturated heterocycles. The molecule has 32 heavy (non-hydrogen) atoms. The Bertz CT molecular complexity index is 1000. The number of nitrogens with zero attached hydrogens (tertiary/aromatic N) is 3. The van der Waals surface area contributed by atoms with Crippen LogP contribution in [0, 0.1) is 5.92 Å². The lowest BCUT2D eigenvalue weighted by Gasteiger charge is -2.32. The van der Waals surface area contributed by atoms with Gasteiger partial charge in [0, 0.05) is 12.1 Å². The third-order valence-electron chi connectivity index (χ3n) is 5.98. The lowest BCUT2D eigenvalue weighted by atomic mass is 9.95. The smallest absolute Gasteiger partial charge is 0.241 e. The fourth-order valence-electron chi connectivity index (χ4n) is 4.18. The van der Waals surface area contributed by atoms with Gasteiger partial charge in [-0.15, -0.1) is 0 Å². The van der Waals surface area contributed by atoms with Crippen molar-refractivity contribution >= 4 is 5.91 Å². The van der Waals surface area contributed by atoms with Crippen LogP contribution in [-0.2, 0) is 11.3 Å². The third-order valence-corrected chi connectivity index (χ3v) is 5.98. The highest BCUT2D eigenvalue weighted by atomic mass is 16.5. The lowest BCUT2D eigenvalue weighted by Crippen LogP contribution is -2.43. The van der Waals surface area contributed by atoms with Gasteiger partial charge in [-0.05, 0) is 55.6 Å². The number of amides is 1. The van der Waals surface area contributed by atoms with Crippen molar-refractivity contribution in [3.8, 4) is 17.1 Å². The van der Waals surface area contributed by atoms with Gasteiger partial charge in [0.2, 0.25) is 17.6 Å². The van der Waals surface area contributed by atoms with E-state index in [1.165, 1.54) is 0 Å². The Balaban J connectivity index is 1.35. The summed E-state index contributed by atoms with van der Waals surface area (Å²) in [5.41, 5.74) is 2.02. The number of carbonyl (C=O) groups excluding carboxylic acids is 1. The molecule has 0 saturated carbocycles. The summed E-state index contributed by atoms with van der Waals surface area (Å²) in [7, 11) is 1.64. The minimum absolute atomic E-state index is 0.0366. The zero-order chi connectivity index (χ0) is 22.3. The fourth-order valence-corrected chi connectivity index (χ4v) is 4.18. The number of ether oxygens (including phenoxy) is 1. The second-order valence-electron chi connectivity index (χ2n) is 8.19. The molecular weight excluding hydrogens is 404 g/mol. The summed E-state index contributed by atoms with van der Waals surface area (Å²) < 4.78 is 10.7. The van der Waals surface area contributed by atoms with E-state index in [2.05, 4.69) is 39.4 Å². The Morgan fingerprint density at radius 2 is 2.00 bits per heavy atom. The molecule has 2 aromatic carbocycles. The number of benzene rings is 2. The normalized spacial score (nSPS) is 17.6. The zero-order valence-corrected chi connectivity index (χ0v) is 18.7. The molecule has 4 rings (SSSR count). The van der Waals surface area contributed by atoms with Gasteiger partial charge in [0.1, 0.15) is 5.75 Å². The molecule has 0 spiro atoms. The summed E-state index contributed by atoms with van der Waals surface area (Å²) in [6.07, 6.45) is 2.73. The fraction of sp³-hybridized carbons (Fsp3) is 0.400. The van der Waals surface area contributed by atoms with Crippen LogP contribution in [0.3, 0.4) is 0 Å². The Hall–Kier alpha value is -3.19. The predicted molar refractivity (Wildman–Crippen MR) is 122 cm³/mol. The van der Waals surface area contributed by atoms with E-state index < -0.39 is 0 Å². The topological polar surface area (TPSA) is 80.5 Å². The van der Waals surface area contributed by atoms with Gasteiger partial charge in [0.15, 0.2) is 0 Å². The van der Waals surface area contributed by atoms with Gasteiger partial charge in [0.05, 0.1) is 25.6 Å². The molecule has 1 aromatic heterocycles. The van der Waals surface area contributed by atoms with Crippen LogP contribution in [0.1, 0.15) is 43.7 Å². The standard InChI is InChI=1S/C25H30N4O3/c1-3-22(18-8-5-4-6-9-18)26-25(30)20-10-7-15-29(16-20)17-23-27-24(28-32-23)19-11-13-21(31-2)14-12-19/h4-6,8-9,11-14,20,22H,3,7,10,15-17H2,1-2H3,(H,26,30). The first-order valence-corrected chi connectivity index (χ1v) is 11.2. The van der Waals surface area contributed by atoms with Crippen LogP contribution in [-0.4, -0.2) is 41.1 Å². The molecule has 3 aromatic rings. The summed E-state index contributed by atoms with van der Waals surface area (Å²) in [6, 6.07) is 17.8. The van der Waals surface area contributed by atoms with E-state index in [4.69, 9.17) is 9.26 Å². The van der Waals surface area contributed by atoms with Gasteiger partial charge in [-0.1, -0.05) is 42.4 Å². The van der Waals surface area contributed by atoms with Crippen molar-refractivity contribution < 1.29 is 14.1 Å². The summed E-state index contributed by atoms with van der Waals surface area (Å²) in [6.45, 7) is 4.25. The largest absolute Gasteiger partial charge is 0.497 e. The quantitative estimate of drug-likeness (QED) is 0.572. The summed E-state index contributed by atoms with van der Waals surface area (Å²) >= 11 is 0. The van der Waals surface area contributed by atoms with Gasteiger partial charge < -0.3 is 14.6 Å². The zero-order valence-electron chi connectivity index (χ0n) is 18.7. The van der Waals surface area contributed by atoms with Crippen molar-refractivity contribution in [3.63, 3.8) is 0 Å². The first-order chi connectivity index (χ1) is 15.7. The molecule has 168 valence electrons. The average Bonchev–Trinajstić information content (AvgIpc) is 3.31. The summed E-state index contributed by atoms with van der Waals surface area (Å²) in [5.74, 6) is 1.99. The molecular formula is C25H30N4O3. The minimum atomic E-state index is -0.0366. The third kappa shape index (κ3) is 5.34. The van der Waals surface area contributed by atoms with Crippen molar-refractivity contribution in [2.45, 2.75) is 38.8 Å². The number of hydrogen-bond acceptors (Lipinski definition) is 6. The Morgan fingerprint density at radius 1 is 1.22 bits per heavy atom. The van der Waals surface area contributed by atoms with Crippen LogP contribution in [0.15, 0.2) is 59.1 Å². The van der Waals surface area contributed by atoms with Gasteiger partial charge in [-0.3, -0.25) is 9.69 Å². The second kappa shape index (κ2) is 10.4. The maximum atomic E-state index is 13.0. The highest BCUT2D eigenvalue weighted by Crippen LogP contribution is 2.23. The molecule has 0 aliphatic carbocycles. The highest BCUT2D eigenvalue weighted by Gasteiger charge is 2.28. The monoisotopic (exact) mass is 434 g/mol. The van der Waals surface area contributed by atoms with Crippen LogP contribution in [0.5, 0.6) is 5.75 Å². The van der Waals surface area contributed by atoms with Gasteiger partial charge >= 0.3 is 0 Å². The first kappa shape index (κ1) is 22.0. The number of hydrogen-bond donors (Lipinski definition) is 1. The van der Waals surface area contributed by atoms with Crippen LogP contribution in [0.4, 0.5) is 0 Å². The van der Waals surface area contributed by atoms with E-state index in [-0.39, 0.29) is 17.9 Å². The molecule has 1 N–H and O–H groups in total. The molecule has 0 radical (unpaired) electrons. The molecule has 1 aliphatic heterocycles. The van der Waals surface area contributed by atoms with Gasteiger partial charge in [0.25, 0.3) is 0 Å². The van der Waals surface area contributed by atoms with Crippen LogP contribution < -0.4 is 10.1 Å². The van der Waals surface area contributed by atoms with Crippen molar-refractivity contribution in [1.82, 2.24) is 20.4 Å². The molecule has 7 heteroatoms. The van der Waals surface area contributed by atoms with Crippen molar-refractivity contribution in [2.75, 3.05) is 20.2 Å². The lowest BCUT2D eigenvalue weighted by molar-refractivity contribution is -0.127. The highest BCUT2D eigenvalue weighted by molar-refractivity contribution is 5.79. The van der Waals surface area contributed by atoms with E-state index >= 15 is 0 Å². The number of piperidine rings is 1. The molecule has 1 fully saturated rings. The number of carbonyl (C=O) groups is 1. The number of likely N-dealkylation sites (tertiary alicyclic amines) is 1. The maximum Gasteiger partial charge on any atom is 0.241 e. The van der Waals surface area contributed by atoms with Gasteiger partial charge in [-0.2, -0.15) is 4.98 Å². The Labute approximate surface area is 188 Å². The SMILES string of the molecule is CCC(NC(=O)C1CCCN(Cc2nc(-c3ccc(OC)cc3)no2)C1)c1ccccc1. The van der Waals surface area contributed by atoms with Crippen LogP contribution >= 0.6 is 0 Å². The molecule has 2 heterocycles. The predicted octanol–water partition coefficient (Wildman–Crippen LogP) is 4.22. The van der Waals surface area contributed by atoms with Crippen LogP contribution in [0.2, 0.25) is 0 Å². The number of aromatic nitrogens is 2. The molecule has 7 nitrogen and oxygen atoms in total. The summed E-state index contributed by atoms with van der Waals surface area (Å²) in [4.78, 5) is 19.7. The molecule has 1 aliphatic rings. The Morgan fingerprint density at radius 3 is 2.72 bits per heavy atom. The minimum Gasteiger partial charge on any atom is -0.497 e. The number of rotatable bonds is 8. The number of nitrogens with one attached hydrogen (secondary N) is 1. The van der Waals surface area contributed by atoms with Crippen LogP contribution in [0.25, 0.3) is 11.4 Å². The van der Waals surface area contributed by atoms with E-state index in [9.17, 15) is 4.79 Å². The van der Waals surface area contributed by atoms with E-state index in [0.717, 1.165) is 42.7 Å². The molecule has 2 atom stereocenters. The average molecular weight is 435 g/mol. The van der Waals surface area contributed by atoms with Crippen molar-refractivity contribution in [1.29, 1.82) is 0 Å². The first-order valence-electron chi connectivity index (χ1n) is 11.2. The van der Waals surface area contributed by atoms with E-state index in [0.29, 0.717) is 24.8 Å². The second-order valence-corrected chi connectivity index (χ2v) is 8.19. The molecule has 1 amide bonds. The van der Waals surface area contributed by atoms with E-state index in [1.54, 1.807) is 7.11 Å². The van der Waals surface area contributed by atoms with E-state index in [1.807, 2.05) is 42.5 Å². The van der Waals surface area contributed by atoms with Gasteiger partial charge in [-0.25, -0.2) is 0 Å². The van der Waals surface area contributed by atoms with Crippen molar-refractivity contribution in [3.05, 3.63) is 66.1 Å². The van der Waals surface area contributed by atoms with Crippen molar-refractivity contribution in [2.24, 2.45) is 5.92 Å². The Kier molecular flexibility index (Phi) is 7.17. The number of methoxy groups -OCH3 is 1. The molecule has 0 bridgehead atoms. The summed E-state index contributed by atoms with van der Waals surface area (Å²) in [5, 5.41) is 7.36. The maximum absolute atomic E-state index is 13.0. The molecule has 2 unspecified atom stereocenters.